The van der Waals surface area contributed by atoms with E-state index in [4.69, 9.17) is 0 Å². The van der Waals surface area contributed by atoms with E-state index in [1.54, 1.807) is 0 Å². The van der Waals surface area contributed by atoms with E-state index in [9.17, 15) is 33.0 Å². The number of rotatable bonds is 3. The van der Waals surface area contributed by atoms with Gasteiger partial charge in [0.1, 0.15) is 10.7 Å². The number of aromatic nitrogens is 1. The Morgan fingerprint density at radius 1 is 1.05 bits per heavy atom. The van der Waals surface area contributed by atoms with Crippen LogP contribution in [-0.2, 0) is 6.18 Å². The van der Waals surface area contributed by atoms with Gasteiger partial charge in [0, 0.05) is 5.56 Å². The van der Waals surface area contributed by atoms with Crippen molar-refractivity contribution in [2.24, 2.45) is 0 Å². The maximum atomic E-state index is 12.4. The lowest BCUT2D eigenvalue weighted by Gasteiger charge is -2.06. The fraction of sp³-hybridized carbons (Fsp3) is 0.0833. The Balaban J connectivity index is 2.45. The van der Waals surface area contributed by atoms with Crippen molar-refractivity contribution in [1.82, 2.24) is 4.98 Å². The van der Waals surface area contributed by atoms with Crippen LogP contribution in [-0.4, -0.2) is 16.9 Å². The van der Waals surface area contributed by atoms with E-state index in [0.29, 0.717) is 11.3 Å². The van der Waals surface area contributed by atoms with Crippen LogP contribution in [0, 0.1) is 0 Å². The molecule has 0 aliphatic heterocycles. The summed E-state index contributed by atoms with van der Waals surface area (Å²) in [6.45, 7) is 0. The standard InChI is InChI=1S/C12H6F3NO4S/c13-12(14,15)6-3-1-5(2-4-6)9-16-7(10(17)18)8(21-9)11(19)20/h1-4H,(H,17,18)(H,19,20)/p-2. The van der Waals surface area contributed by atoms with Crippen LogP contribution < -0.4 is 10.2 Å². The lowest BCUT2D eigenvalue weighted by molar-refractivity contribution is -0.259. The minimum absolute atomic E-state index is 0.0536. The first-order valence-electron chi connectivity index (χ1n) is 5.31. The van der Waals surface area contributed by atoms with Gasteiger partial charge in [-0.1, -0.05) is 12.1 Å². The van der Waals surface area contributed by atoms with Crippen molar-refractivity contribution in [3.63, 3.8) is 0 Å². The van der Waals surface area contributed by atoms with Crippen molar-refractivity contribution in [3.8, 4) is 10.6 Å². The number of aromatic carboxylic acids is 2. The van der Waals surface area contributed by atoms with Crippen LogP contribution in [0.4, 0.5) is 13.2 Å². The van der Waals surface area contributed by atoms with Gasteiger partial charge in [-0.2, -0.15) is 13.2 Å². The maximum Gasteiger partial charge on any atom is 0.416 e. The summed E-state index contributed by atoms with van der Waals surface area (Å²) in [7, 11) is 0. The van der Waals surface area contributed by atoms with Crippen LogP contribution >= 0.6 is 11.3 Å². The number of benzene rings is 1. The van der Waals surface area contributed by atoms with E-state index in [2.05, 4.69) is 4.98 Å². The highest BCUT2D eigenvalue weighted by molar-refractivity contribution is 7.17. The summed E-state index contributed by atoms with van der Waals surface area (Å²) < 4.78 is 37.3. The molecule has 0 saturated carbocycles. The topological polar surface area (TPSA) is 93.2 Å². The molecule has 0 unspecified atom stereocenters. The van der Waals surface area contributed by atoms with Gasteiger partial charge in [-0.15, -0.1) is 11.3 Å². The molecule has 0 saturated heterocycles. The maximum absolute atomic E-state index is 12.4. The molecule has 0 bridgehead atoms. The number of nitrogens with zero attached hydrogens (tertiary/aromatic N) is 1. The van der Waals surface area contributed by atoms with Gasteiger partial charge in [0.25, 0.3) is 0 Å². The van der Waals surface area contributed by atoms with Crippen LogP contribution in [0.1, 0.15) is 25.7 Å². The molecule has 110 valence electrons. The van der Waals surface area contributed by atoms with Gasteiger partial charge in [0.05, 0.1) is 22.4 Å². The van der Waals surface area contributed by atoms with Crippen molar-refractivity contribution in [3.05, 3.63) is 40.4 Å². The van der Waals surface area contributed by atoms with E-state index in [0.717, 1.165) is 24.3 Å². The average molecular weight is 315 g/mol. The monoisotopic (exact) mass is 315 g/mol. The third-order valence-electron chi connectivity index (χ3n) is 2.47. The van der Waals surface area contributed by atoms with E-state index >= 15 is 0 Å². The number of carbonyl (C=O) groups is 2. The molecule has 1 heterocycles. The molecule has 0 aliphatic carbocycles. The molecule has 0 N–H and O–H groups in total. The average Bonchev–Trinajstić information content (AvgIpc) is 2.83. The van der Waals surface area contributed by atoms with E-state index in [1.807, 2.05) is 0 Å². The van der Waals surface area contributed by atoms with Gasteiger partial charge in [0.2, 0.25) is 0 Å². The van der Waals surface area contributed by atoms with Gasteiger partial charge in [-0.25, -0.2) is 4.98 Å². The van der Waals surface area contributed by atoms with Gasteiger partial charge >= 0.3 is 6.18 Å². The number of thiazole rings is 1. The van der Waals surface area contributed by atoms with E-state index in [1.165, 1.54) is 0 Å². The molecule has 0 fully saturated rings. The number of hydrogen-bond donors (Lipinski definition) is 0. The van der Waals surface area contributed by atoms with Crippen LogP contribution in [0.5, 0.6) is 0 Å². The fourth-order valence-electron chi connectivity index (χ4n) is 1.52. The summed E-state index contributed by atoms with van der Waals surface area (Å²) in [4.78, 5) is 24.4. The SMILES string of the molecule is O=C([O-])c1nc(-c2ccc(C(F)(F)F)cc2)sc1C(=O)[O-]. The summed E-state index contributed by atoms with van der Waals surface area (Å²) in [6.07, 6.45) is -4.51. The third-order valence-corrected chi connectivity index (χ3v) is 3.55. The van der Waals surface area contributed by atoms with Crippen molar-refractivity contribution in [2.45, 2.75) is 6.18 Å². The number of alkyl halides is 3. The summed E-state index contributed by atoms with van der Waals surface area (Å²) in [6, 6.07) is 3.71. The minimum atomic E-state index is -4.51. The summed E-state index contributed by atoms with van der Waals surface area (Å²) in [5, 5.41) is 21.5. The second-order valence-electron chi connectivity index (χ2n) is 3.85. The molecule has 0 spiro atoms. The van der Waals surface area contributed by atoms with Crippen molar-refractivity contribution >= 4 is 23.3 Å². The van der Waals surface area contributed by atoms with E-state index < -0.39 is 34.2 Å². The molecule has 0 aliphatic rings. The van der Waals surface area contributed by atoms with Gasteiger partial charge in [-0.05, 0) is 12.1 Å². The number of carboxylic acids is 2. The molecular weight excluding hydrogens is 311 g/mol. The first-order valence-corrected chi connectivity index (χ1v) is 6.13. The zero-order valence-electron chi connectivity index (χ0n) is 9.93. The number of hydrogen-bond acceptors (Lipinski definition) is 6. The smallest absolute Gasteiger partial charge is 0.416 e. The predicted octanol–water partition coefficient (Wildman–Crippen LogP) is 0.556. The first-order chi connectivity index (χ1) is 9.70. The molecule has 9 heteroatoms. The highest BCUT2D eigenvalue weighted by Crippen LogP contribution is 2.32. The normalized spacial score (nSPS) is 11.4. The largest absolute Gasteiger partial charge is 0.544 e. The summed E-state index contributed by atoms with van der Waals surface area (Å²) >= 11 is 0.487. The Kier molecular flexibility index (Phi) is 3.69. The molecule has 0 amide bonds. The second kappa shape index (κ2) is 5.17. The second-order valence-corrected chi connectivity index (χ2v) is 4.85. The van der Waals surface area contributed by atoms with Crippen LogP contribution in [0.15, 0.2) is 24.3 Å². The Morgan fingerprint density at radius 2 is 1.62 bits per heavy atom. The van der Waals surface area contributed by atoms with Crippen LogP contribution in [0.25, 0.3) is 10.6 Å². The van der Waals surface area contributed by atoms with E-state index in [-0.39, 0.29) is 10.6 Å². The highest BCUT2D eigenvalue weighted by Gasteiger charge is 2.30. The Morgan fingerprint density at radius 3 is 2.00 bits per heavy atom. The molecule has 21 heavy (non-hydrogen) atoms. The van der Waals surface area contributed by atoms with Crippen molar-refractivity contribution < 1.29 is 33.0 Å². The fourth-order valence-corrected chi connectivity index (χ4v) is 2.42. The van der Waals surface area contributed by atoms with Crippen LogP contribution in [0.3, 0.4) is 0 Å². The highest BCUT2D eigenvalue weighted by atomic mass is 32.1. The molecule has 2 aromatic rings. The molecule has 1 aromatic carbocycles. The zero-order chi connectivity index (χ0) is 15.8. The molecule has 0 radical (unpaired) electrons. The Bertz CT molecular complexity index is 675. The van der Waals surface area contributed by atoms with Crippen molar-refractivity contribution in [2.75, 3.05) is 0 Å². The summed E-state index contributed by atoms with van der Waals surface area (Å²) in [5.41, 5.74) is -1.54. The molecule has 5 nitrogen and oxygen atoms in total. The third kappa shape index (κ3) is 3.02. The zero-order valence-corrected chi connectivity index (χ0v) is 10.7. The molecular formula is C12H4F3NO4S-2. The lowest BCUT2D eigenvalue weighted by Crippen LogP contribution is -2.29. The Hall–Kier alpha value is -2.42. The van der Waals surface area contributed by atoms with Gasteiger partial charge < -0.3 is 19.8 Å². The lowest BCUT2D eigenvalue weighted by atomic mass is 10.1. The van der Waals surface area contributed by atoms with Crippen LogP contribution in [0.2, 0.25) is 0 Å². The van der Waals surface area contributed by atoms with Crippen molar-refractivity contribution in [1.29, 1.82) is 0 Å². The molecule has 1 aromatic heterocycles. The molecule has 2 rings (SSSR count). The van der Waals surface area contributed by atoms with Gasteiger partial charge in [0.15, 0.2) is 0 Å². The first kappa shape index (κ1) is 15.0. The quantitative estimate of drug-likeness (QED) is 0.825. The minimum Gasteiger partial charge on any atom is -0.544 e. The predicted molar refractivity (Wildman–Crippen MR) is 61.2 cm³/mol. The number of carboxylic acid groups (broad SMARTS) is 2. The Labute approximate surface area is 119 Å². The van der Waals surface area contributed by atoms with Gasteiger partial charge in [-0.3, -0.25) is 0 Å². The number of halogens is 3. The summed E-state index contributed by atoms with van der Waals surface area (Å²) in [5.74, 6) is -3.55. The number of carbonyl (C=O) groups excluding carboxylic acids is 2. The molecule has 0 atom stereocenters.